The minimum Gasteiger partial charge on any atom is -0.389 e. The van der Waals surface area contributed by atoms with Crippen LogP contribution in [0.25, 0.3) is 21.3 Å². The number of thiazole rings is 1. The standard InChI is InChI=1S/C19H18F2N4S2/c20-19(21)6-8-25(9-7-19)14-5-4-13(16-15(14)24-18(23)27-16)11-2-1-3-12(10-11)17(22)26/h1-5,10H,6-9H2,(H2,22,26)(H2,23,24). The molecule has 0 bridgehead atoms. The Bertz CT molecular complexity index is 1020. The minimum absolute atomic E-state index is 0.147. The molecule has 0 radical (unpaired) electrons. The number of anilines is 2. The van der Waals surface area contributed by atoms with Crippen LogP contribution in [-0.4, -0.2) is 29.0 Å². The summed E-state index contributed by atoms with van der Waals surface area (Å²) in [6.07, 6.45) is -0.294. The molecule has 2 aromatic carbocycles. The molecule has 1 fully saturated rings. The summed E-state index contributed by atoms with van der Waals surface area (Å²) >= 11 is 6.47. The highest BCUT2D eigenvalue weighted by Crippen LogP contribution is 2.41. The Morgan fingerprint density at radius 3 is 2.63 bits per heavy atom. The summed E-state index contributed by atoms with van der Waals surface area (Å²) in [6.45, 7) is 0.603. The number of benzene rings is 2. The van der Waals surface area contributed by atoms with Gasteiger partial charge >= 0.3 is 0 Å². The Balaban J connectivity index is 1.79. The average Bonchev–Trinajstić information content (AvgIpc) is 3.02. The van der Waals surface area contributed by atoms with Crippen LogP contribution in [0.2, 0.25) is 0 Å². The van der Waals surface area contributed by atoms with Gasteiger partial charge in [-0.2, -0.15) is 0 Å². The molecule has 4 nitrogen and oxygen atoms in total. The Hall–Kier alpha value is -2.32. The first-order valence-corrected chi connectivity index (χ1v) is 9.78. The van der Waals surface area contributed by atoms with Crippen LogP contribution in [0.4, 0.5) is 19.6 Å². The molecule has 2 heterocycles. The van der Waals surface area contributed by atoms with Crippen LogP contribution in [0.5, 0.6) is 0 Å². The van der Waals surface area contributed by atoms with Crippen LogP contribution >= 0.6 is 23.6 Å². The monoisotopic (exact) mass is 404 g/mol. The van der Waals surface area contributed by atoms with E-state index >= 15 is 0 Å². The first-order valence-electron chi connectivity index (χ1n) is 8.56. The van der Waals surface area contributed by atoms with Crippen LogP contribution in [0.3, 0.4) is 0 Å². The molecule has 140 valence electrons. The first-order chi connectivity index (χ1) is 12.8. The van der Waals surface area contributed by atoms with E-state index in [-0.39, 0.29) is 12.8 Å². The van der Waals surface area contributed by atoms with Gasteiger partial charge in [0.05, 0.1) is 10.4 Å². The van der Waals surface area contributed by atoms with E-state index in [9.17, 15) is 8.78 Å². The lowest BCUT2D eigenvalue weighted by molar-refractivity contribution is -0.0220. The molecule has 0 amide bonds. The number of thiocarbonyl (C=S) groups is 1. The Morgan fingerprint density at radius 2 is 1.93 bits per heavy atom. The third kappa shape index (κ3) is 3.46. The lowest BCUT2D eigenvalue weighted by Crippen LogP contribution is -2.39. The number of nitrogens with zero attached hydrogens (tertiary/aromatic N) is 2. The quantitative estimate of drug-likeness (QED) is 0.633. The third-order valence-electron chi connectivity index (χ3n) is 4.83. The molecular formula is C19H18F2N4S2. The van der Waals surface area contributed by atoms with E-state index in [1.807, 2.05) is 41.3 Å². The molecule has 27 heavy (non-hydrogen) atoms. The maximum absolute atomic E-state index is 13.5. The number of hydrogen-bond acceptors (Lipinski definition) is 5. The average molecular weight is 405 g/mol. The van der Waals surface area contributed by atoms with Gasteiger partial charge < -0.3 is 16.4 Å². The van der Waals surface area contributed by atoms with E-state index in [1.165, 1.54) is 11.3 Å². The Morgan fingerprint density at radius 1 is 1.19 bits per heavy atom. The van der Waals surface area contributed by atoms with E-state index in [0.717, 1.165) is 32.6 Å². The molecule has 1 aliphatic rings. The van der Waals surface area contributed by atoms with Gasteiger partial charge in [-0.1, -0.05) is 47.8 Å². The predicted molar refractivity (Wildman–Crippen MR) is 112 cm³/mol. The van der Waals surface area contributed by atoms with Crippen molar-refractivity contribution in [3.63, 3.8) is 0 Å². The molecule has 0 atom stereocenters. The van der Waals surface area contributed by atoms with Gasteiger partial charge in [0, 0.05) is 37.1 Å². The van der Waals surface area contributed by atoms with Crippen molar-refractivity contribution < 1.29 is 8.78 Å². The molecule has 4 N–H and O–H groups in total. The fourth-order valence-corrected chi connectivity index (χ4v) is 4.42. The van der Waals surface area contributed by atoms with Gasteiger partial charge in [-0.3, -0.25) is 0 Å². The second kappa shape index (κ2) is 6.69. The Labute approximate surface area is 164 Å². The number of nitrogen functional groups attached to an aromatic ring is 1. The zero-order valence-electron chi connectivity index (χ0n) is 14.4. The maximum atomic E-state index is 13.5. The summed E-state index contributed by atoms with van der Waals surface area (Å²) in [7, 11) is 0. The van der Waals surface area contributed by atoms with Crippen LogP contribution in [0.1, 0.15) is 18.4 Å². The molecule has 0 spiro atoms. The van der Waals surface area contributed by atoms with E-state index in [1.54, 1.807) is 0 Å². The normalized spacial score (nSPS) is 16.6. The molecule has 0 aliphatic carbocycles. The van der Waals surface area contributed by atoms with E-state index in [2.05, 4.69) is 4.98 Å². The summed E-state index contributed by atoms with van der Waals surface area (Å²) < 4.78 is 28.0. The van der Waals surface area contributed by atoms with E-state index in [0.29, 0.717) is 23.2 Å². The largest absolute Gasteiger partial charge is 0.389 e. The van der Waals surface area contributed by atoms with Crippen molar-refractivity contribution >= 4 is 49.6 Å². The summed E-state index contributed by atoms with van der Waals surface area (Å²) in [5.41, 5.74) is 16.1. The van der Waals surface area contributed by atoms with Gasteiger partial charge in [0.2, 0.25) is 0 Å². The number of piperidine rings is 1. The highest BCUT2D eigenvalue weighted by atomic mass is 32.1. The van der Waals surface area contributed by atoms with Crippen LogP contribution in [0, 0.1) is 0 Å². The second-order valence-corrected chi connectivity index (χ2v) is 8.12. The van der Waals surface area contributed by atoms with Gasteiger partial charge in [-0.05, 0) is 17.7 Å². The molecule has 8 heteroatoms. The number of hydrogen-bond donors (Lipinski definition) is 2. The van der Waals surface area contributed by atoms with Crippen molar-refractivity contribution in [2.75, 3.05) is 23.7 Å². The molecule has 0 saturated carbocycles. The first kappa shape index (κ1) is 18.1. The summed E-state index contributed by atoms with van der Waals surface area (Å²) in [6, 6.07) is 11.6. The molecular weight excluding hydrogens is 386 g/mol. The van der Waals surface area contributed by atoms with E-state index in [4.69, 9.17) is 23.7 Å². The van der Waals surface area contributed by atoms with Crippen molar-refractivity contribution in [3.8, 4) is 11.1 Å². The van der Waals surface area contributed by atoms with Crippen LogP contribution in [-0.2, 0) is 0 Å². The summed E-state index contributed by atoms with van der Waals surface area (Å²) in [5, 5.41) is 0.450. The highest BCUT2D eigenvalue weighted by molar-refractivity contribution is 7.80. The number of rotatable bonds is 3. The van der Waals surface area contributed by atoms with Crippen molar-refractivity contribution in [2.24, 2.45) is 5.73 Å². The van der Waals surface area contributed by atoms with Crippen molar-refractivity contribution in [2.45, 2.75) is 18.8 Å². The lowest BCUT2D eigenvalue weighted by Gasteiger charge is -2.33. The summed E-state index contributed by atoms with van der Waals surface area (Å²) in [5.74, 6) is -2.59. The van der Waals surface area contributed by atoms with Gasteiger partial charge in [0.15, 0.2) is 5.13 Å². The van der Waals surface area contributed by atoms with Crippen LogP contribution in [0.15, 0.2) is 36.4 Å². The van der Waals surface area contributed by atoms with Crippen LogP contribution < -0.4 is 16.4 Å². The number of nitrogens with two attached hydrogens (primary N) is 2. The molecule has 0 unspecified atom stereocenters. The predicted octanol–water partition coefficient (Wildman–Crippen LogP) is 4.42. The molecule has 1 aliphatic heterocycles. The van der Waals surface area contributed by atoms with Gasteiger partial charge in [0.25, 0.3) is 5.92 Å². The molecule has 3 aromatic rings. The highest BCUT2D eigenvalue weighted by Gasteiger charge is 2.34. The SMILES string of the molecule is NC(=S)c1cccc(-c2ccc(N3CCC(F)(F)CC3)c3nc(N)sc23)c1. The molecule has 1 aromatic heterocycles. The number of aromatic nitrogens is 1. The number of fused-ring (bicyclic) bond motifs is 1. The number of alkyl halides is 2. The molecule has 1 saturated heterocycles. The third-order valence-corrected chi connectivity index (χ3v) is 5.99. The Kier molecular flexibility index (Phi) is 4.47. The van der Waals surface area contributed by atoms with Gasteiger partial charge in [0.1, 0.15) is 10.5 Å². The maximum Gasteiger partial charge on any atom is 0.251 e. The van der Waals surface area contributed by atoms with Gasteiger partial charge in [-0.15, -0.1) is 0 Å². The van der Waals surface area contributed by atoms with Crippen molar-refractivity contribution in [1.82, 2.24) is 4.98 Å². The number of halogens is 2. The summed E-state index contributed by atoms with van der Waals surface area (Å²) in [4.78, 5) is 6.79. The fraction of sp³-hybridized carbons (Fsp3) is 0.263. The zero-order chi connectivity index (χ0) is 19.2. The second-order valence-electron chi connectivity index (χ2n) is 6.65. The van der Waals surface area contributed by atoms with Gasteiger partial charge in [-0.25, -0.2) is 13.8 Å². The smallest absolute Gasteiger partial charge is 0.251 e. The van der Waals surface area contributed by atoms with E-state index < -0.39 is 5.92 Å². The fourth-order valence-electron chi connectivity index (χ4n) is 3.41. The minimum atomic E-state index is -2.59. The topological polar surface area (TPSA) is 68.2 Å². The molecule has 4 rings (SSSR count). The zero-order valence-corrected chi connectivity index (χ0v) is 16.0. The lowest BCUT2D eigenvalue weighted by atomic mass is 10.0. The van der Waals surface area contributed by atoms with Crippen molar-refractivity contribution in [1.29, 1.82) is 0 Å². The van der Waals surface area contributed by atoms with Crippen molar-refractivity contribution in [3.05, 3.63) is 42.0 Å².